The molecule has 0 heterocycles. The summed E-state index contributed by atoms with van der Waals surface area (Å²) in [4.78, 5) is 0. The Bertz CT molecular complexity index is 715. The largest absolute Gasteiger partial charge is 0.385 e. The zero-order valence-corrected chi connectivity index (χ0v) is 16.5. The van der Waals surface area contributed by atoms with Crippen LogP contribution in [0, 0.1) is 0 Å². The molecule has 2 atom stereocenters. The van der Waals surface area contributed by atoms with E-state index in [4.69, 9.17) is 25.4 Å². The molecule has 0 aliphatic heterocycles. The van der Waals surface area contributed by atoms with Gasteiger partial charge in [-0.25, -0.2) is 0 Å². The van der Waals surface area contributed by atoms with Crippen LogP contribution in [0.5, 0.6) is 0 Å². The Hall–Kier alpha value is -1.20. The molecule has 1 N–H and O–H groups in total. The molecule has 0 aliphatic carbocycles. The quantitative estimate of drug-likeness (QED) is 0.558. The maximum atomic E-state index is 13.3. The second-order valence-corrected chi connectivity index (χ2v) is 8.10. The lowest BCUT2D eigenvalue weighted by atomic mass is 10.1. The first-order valence-electron chi connectivity index (χ1n) is 8.48. The highest BCUT2D eigenvalue weighted by Gasteiger charge is 2.42. The number of hydrogen-bond donors (Lipinski definition) is 1. The number of aliphatic hydroxyl groups is 1. The van der Waals surface area contributed by atoms with Crippen LogP contribution in [0.3, 0.4) is 0 Å². The van der Waals surface area contributed by atoms with Gasteiger partial charge in [0, 0.05) is 5.02 Å². The highest BCUT2D eigenvalue weighted by Crippen LogP contribution is 2.57. The molecule has 2 aromatic rings. The summed E-state index contributed by atoms with van der Waals surface area (Å²) in [6.45, 7) is 3.93. The molecule has 2 aromatic carbocycles. The van der Waals surface area contributed by atoms with Gasteiger partial charge in [0.25, 0.3) is 0 Å². The summed E-state index contributed by atoms with van der Waals surface area (Å²) in [5, 5.41) is 11.3. The predicted octanol–water partition coefficient (Wildman–Crippen LogP) is 5.18. The van der Waals surface area contributed by atoms with Crippen LogP contribution in [0.2, 0.25) is 5.02 Å². The molecule has 0 saturated heterocycles. The highest BCUT2D eigenvalue weighted by atomic mass is 35.5. The normalized spacial score (nSPS) is 14.2. The van der Waals surface area contributed by atoms with Crippen LogP contribution in [0.15, 0.2) is 54.6 Å². The number of hydrogen-bond acceptors (Lipinski definition) is 5. The Balaban J connectivity index is 2.31. The third kappa shape index (κ3) is 5.65. The Labute approximate surface area is 159 Å². The third-order valence-electron chi connectivity index (χ3n) is 3.65. The van der Waals surface area contributed by atoms with Crippen molar-refractivity contribution in [2.45, 2.75) is 32.4 Å². The van der Waals surface area contributed by atoms with E-state index in [0.29, 0.717) is 10.6 Å². The lowest BCUT2D eigenvalue weighted by Gasteiger charge is -2.30. The first-order chi connectivity index (χ1) is 12.5. The lowest BCUT2D eigenvalue weighted by Crippen LogP contribution is -2.25. The van der Waals surface area contributed by atoms with E-state index >= 15 is 0 Å². The summed E-state index contributed by atoms with van der Waals surface area (Å²) in [6, 6.07) is 16.1. The van der Waals surface area contributed by atoms with Crippen LogP contribution < -0.4 is 0 Å². The van der Waals surface area contributed by atoms with E-state index in [0.717, 1.165) is 5.56 Å². The van der Waals surface area contributed by atoms with Gasteiger partial charge < -0.3 is 18.9 Å². The van der Waals surface area contributed by atoms with Crippen molar-refractivity contribution in [2.24, 2.45) is 0 Å². The molecule has 5 nitrogen and oxygen atoms in total. The van der Waals surface area contributed by atoms with Gasteiger partial charge in [-0.15, -0.1) is 0 Å². The minimum absolute atomic E-state index is 0.160. The Kier molecular flexibility index (Phi) is 8.29. The van der Waals surface area contributed by atoms with Crippen molar-refractivity contribution in [3.05, 3.63) is 70.7 Å². The maximum Gasteiger partial charge on any atom is 0.362 e. The van der Waals surface area contributed by atoms with Gasteiger partial charge in [-0.05, 0) is 37.1 Å². The van der Waals surface area contributed by atoms with Crippen molar-refractivity contribution in [2.75, 3.05) is 13.2 Å². The summed E-state index contributed by atoms with van der Waals surface area (Å²) in [7, 11) is -3.72. The van der Waals surface area contributed by atoms with Crippen LogP contribution in [0.25, 0.3) is 0 Å². The third-order valence-corrected chi connectivity index (χ3v) is 6.18. The monoisotopic (exact) mass is 398 g/mol. The fourth-order valence-corrected chi connectivity index (χ4v) is 4.57. The summed E-state index contributed by atoms with van der Waals surface area (Å²) < 4.78 is 29.9. The molecule has 0 fully saturated rings. The minimum atomic E-state index is -3.72. The second-order valence-electron chi connectivity index (χ2n) is 5.56. The maximum absolute atomic E-state index is 13.3. The van der Waals surface area contributed by atoms with Gasteiger partial charge >= 0.3 is 7.60 Å². The van der Waals surface area contributed by atoms with Gasteiger partial charge in [0.1, 0.15) is 6.10 Å². The number of benzene rings is 2. The van der Waals surface area contributed by atoms with E-state index in [1.54, 1.807) is 38.1 Å². The fraction of sp³-hybridized carbons (Fsp3) is 0.368. The Morgan fingerprint density at radius 2 is 1.69 bits per heavy atom. The predicted molar refractivity (Wildman–Crippen MR) is 102 cm³/mol. The molecule has 0 unspecified atom stereocenters. The van der Waals surface area contributed by atoms with Gasteiger partial charge in [0.15, 0.2) is 5.85 Å². The summed E-state index contributed by atoms with van der Waals surface area (Å²) in [6.07, 6.45) is -1.22. The van der Waals surface area contributed by atoms with Crippen LogP contribution in [-0.4, -0.2) is 24.2 Å². The van der Waals surface area contributed by atoms with Crippen molar-refractivity contribution < 1.29 is 23.5 Å². The van der Waals surface area contributed by atoms with E-state index in [2.05, 4.69) is 0 Å². The average Bonchev–Trinajstić information content (AvgIpc) is 2.63. The average molecular weight is 399 g/mol. The first kappa shape index (κ1) is 21.1. The van der Waals surface area contributed by atoms with Gasteiger partial charge in [-0.3, -0.25) is 4.57 Å². The molecular weight excluding hydrogens is 375 g/mol. The molecule has 0 aromatic heterocycles. The van der Waals surface area contributed by atoms with E-state index in [-0.39, 0.29) is 19.8 Å². The van der Waals surface area contributed by atoms with E-state index in [1.165, 1.54) is 0 Å². The molecule has 142 valence electrons. The van der Waals surface area contributed by atoms with Crippen molar-refractivity contribution in [1.29, 1.82) is 0 Å². The highest BCUT2D eigenvalue weighted by molar-refractivity contribution is 7.54. The van der Waals surface area contributed by atoms with Crippen LogP contribution in [0.4, 0.5) is 0 Å². The summed E-state index contributed by atoms with van der Waals surface area (Å²) in [5.74, 6) is -1.18. The standard InChI is InChI=1S/C19H24ClO5P/c1-3-24-26(22,25-4-2)19(23-14-15-9-6-5-7-10-15)18(21)16-11-8-12-17(20)13-16/h5-13,18-19,21H,3-4,14H2,1-2H3/t18-,19-/m0/s1. The molecule has 7 heteroatoms. The molecule has 0 bridgehead atoms. The van der Waals surface area contributed by atoms with E-state index in [1.807, 2.05) is 30.3 Å². The smallest absolute Gasteiger partial charge is 0.362 e. The van der Waals surface area contributed by atoms with Gasteiger partial charge in [-0.2, -0.15) is 0 Å². The zero-order chi connectivity index (χ0) is 19.0. The molecule has 26 heavy (non-hydrogen) atoms. The van der Waals surface area contributed by atoms with Crippen molar-refractivity contribution in [3.8, 4) is 0 Å². The molecule has 0 aliphatic rings. The SMILES string of the molecule is CCOP(=O)(OCC)[C@H](OCc1ccccc1)[C@@H](O)c1cccc(Cl)c1. The van der Waals surface area contributed by atoms with Crippen LogP contribution in [-0.2, 0) is 25.0 Å². The molecular formula is C19H24ClO5P. The lowest BCUT2D eigenvalue weighted by molar-refractivity contribution is -0.0204. The van der Waals surface area contributed by atoms with Crippen molar-refractivity contribution >= 4 is 19.2 Å². The zero-order valence-electron chi connectivity index (χ0n) is 14.9. The van der Waals surface area contributed by atoms with Gasteiger partial charge in [-0.1, -0.05) is 54.1 Å². The van der Waals surface area contributed by atoms with E-state index < -0.39 is 19.5 Å². The van der Waals surface area contributed by atoms with Crippen LogP contribution in [0.1, 0.15) is 31.1 Å². The summed E-state index contributed by atoms with van der Waals surface area (Å²) in [5.41, 5.74) is 1.37. The van der Waals surface area contributed by atoms with E-state index in [9.17, 15) is 9.67 Å². The Morgan fingerprint density at radius 1 is 1.04 bits per heavy atom. The van der Waals surface area contributed by atoms with Gasteiger partial charge in [0.05, 0.1) is 19.8 Å². The molecule has 0 saturated carbocycles. The first-order valence-corrected chi connectivity index (χ1v) is 10.5. The van der Waals surface area contributed by atoms with Crippen molar-refractivity contribution in [1.82, 2.24) is 0 Å². The second kappa shape index (κ2) is 10.2. The molecule has 0 spiro atoms. The topological polar surface area (TPSA) is 65.0 Å². The Morgan fingerprint density at radius 3 is 2.27 bits per heavy atom. The number of aliphatic hydroxyl groups excluding tert-OH is 1. The molecule has 0 amide bonds. The number of halogens is 1. The van der Waals surface area contributed by atoms with Gasteiger partial charge in [0.2, 0.25) is 0 Å². The number of rotatable bonds is 10. The van der Waals surface area contributed by atoms with Crippen molar-refractivity contribution in [3.63, 3.8) is 0 Å². The number of ether oxygens (including phenoxy) is 1. The molecule has 2 rings (SSSR count). The van der Waals surface area contributed by atoms with Crippen LogP contribution >= 0.6 is 19.2 Å². The summed E-state index contributed by atoms with van der Waals surface area (Å²) >= 11 is 6.02. The fourth-order valence-electron chi connectivity index (χ4n) is 2.51. The molecule has 0 radical (unpaired) electrons. The minimum Gasteiger partial charge on any atom is -0.385 e.